The van der Waals surface area contributed by atoms with E-state index in [1.165, 1.54) is 169 Å². The molecule has 3 nitrogen and oxygen atoms in total. The molecule has 7 aromatic carbocycles. The van der Waals surface area contributed by atoms with Crippen LogP contribution >= 0.6 is 0 Å². The van der Waals surface area contributed by atoms with Crippen LogP contribution in [-0.4, -0.2) is 4.40 Å². The van der Waals surface area contributed by atoms with Crippen molar-refractivity contribution in [3.05, 3.63) is 161 Å². The Bertz CT molecular complexity index is 3330. The van der Waals surface area contributed by atoms with Crippen LogP contribution in [0.5, 0.6) is 0 Å². The Kier molecular flexibility index (Phi) is 7.57. The lowest BCUT2D eigenvalue weighted by Gasteiger charge is -2.38. The maximum atomic E-state index is 11.2. The monoisotopic (exact) mass is 835 g/mol. The maximum absolute atomic E-state index is 11.2. The van der Waals surface area contributed by atoms with Crippen LogP contribution in [0.4, 0.5) is 0 Å². The number of hydrogen-bond donors (Lipinski definition) is 0. The van der Waals surface area contributed by atoms with Gasteiger partial charge in [-0.3, -0.25) is 0 Å². The first kappa shape index (κ1) is 36.6. The largest absolute Gasteiger partial charge is 0.308 e. The van der Waals surface area contributed by atoms with Crippen LogP contribution < -0.4 is 0 Å². The van der Waals surface area contributed by atoms with Gasteiger partial charge in [-0.1, -0.05) is 91.0 Å². The second-order valence-electron chi connectivity index (χ2n) is 21.4. The molecule has 2 heterocycles. The summed E-state index contributed by atoms with van der Waals surface area (Å²) in [5.74, 6) is 4.77. The minimum Gasteiger partial charge on any atom is -0.308 e. The molecule has 0 aliphatic heterocycles. The number of rotatable bonds is 4. The fourth-order valence-electron chi connectivity index (χ4n) is 16.1. The SMILES string of the molecule is N#Cc1cc2c(c3c1C1CC4CC(C1)CC3C4)c1cc(-c3c(-c4ccccc4)cc(-c4ccccc4)cc3-c3ccccc3)cc3c4c5c(c(C#N)cc4n2c13)C1CC2CC(C1)CC5C2. The highest BCUT2D eigenvalue weighted by molar-refractivity contribution is 6.27. The van der Waals surface area contributed by atoms with Crippen molar-refractivity contribution in [3.8, 4) is 56.6 Å². The van der Waals surface area contributed by atoms with Gasteiger partial charge in [0.1, 0.15) is 0 Å². The van der Waals surface area contributed by atoms with Crippen LogP contribution in [0.1, 0.15) is 121 Å². The van der Waals surface area contributed by atoms with Crippen LogP contribution in [0.2, 0.25) is 0 Å². The van der Waals surface area contributed by atoms with Gasteiger partial charge in [-0.2, -0.15) is 10.5 Å². The van der Waals surface area contributed by atoms with Crippen molar-refractivity contribution in [1.82, 2.24) is 4.40 Å². The topological polar surface area (TPSA) is 52.0 Å². The zero-order valence-electron chi connectivity index (χ0n) is 36.7. The Hall–Kier alpha value is -6.68. The lowest BCUT2D eigenvalue weighted by Crippen LogP contribution is -2.25. The number of fused-ring (bicyclic) bond motifs is 6. The Morgan fingerprint density at radius 1 is 0.385 bits per heavy atom. The molecule has 17 rings (SSSR count). The van der Waals surface area contributed by atoms with E-state index >= 15 is 0 Å². The van der Waals surface area contributed by atoms with Gasteiger partial charge < -0.3 is 4.40 Å². The van der Waals surface area contributed by atoms with Gasteiger partial charge in [-0.05, 0) is 215 Å². The molecule has 8 aliphatic rings. The second kappa shape index (κ2) is 13.4. The molecule has 65 heavy (non-hydrogen) atoms. The number of nitrogens with zero attached hydrogens (tertiary/aromatic N) is 3. The predicted octanol–water partition coefficient (Wildman–Crippen LogP) is 16.0. The molecule has 8 bridgehead atoms. The first-order valence-electron chi connectivity index (χ1n) is 24.6. The predicted molar refractivity (Wildman–Crippen MR) is 263 cm³/mol. The van der Waals surface area contributed by atoms with Crippen molar-refractivity contribution >= 4 is 38.1 Å². The van der Waals surface area contributed by atoms with Crippen molar-refractivity contribution in [3.63, 3.8) is 0 Å². The highest BCUT2D eigenvalue weighted by Crippen LogP contribution is 2.62. The first-order valence-corrected chi connectivity index (χ1v) is 24.6. The van der Waals surface area contributed by atoms with Crippen LogP contribution in [0.3, 0.4) is 0 Å². The van der Waals surface area contributed by atoms with E-state index in [0.29, 0.717) is 23.7 Å². The third-order valence-corrected chi connectivity index (χ3v) is 18.0. The Labute approximate surface area is 380 Å². The summed E-state index contributed by atoms with van der Waals surface area (Å²) < 4.78 is 2.56. The molecule has 4 unspecified atom stereocenters. The van der Waals surface area contributed by atoms with Crippen molar-refractivity contribution in [2.45, 2.75) is 87.9 Å². The van der Waals surface area contributed by atoms with E-state index in [2.05, 4.69) is 144 Å². The van der Waals surface area contributed by atoms with Crippen LogP contribution in [0.25, 0.3) is 82.6 Å². The standard InChI is InChI=1S/C62H49N3/c63-32-47-30-53-60(58-44-22-34-16-35(23-44)19-42(18-34)55(47)58)51-28-46(29-52-61-54(65(53)62(51)52)31-48(33-64)56-43-20-36-17-37(21-43)25-45(24-36)59(56)61)57-49(39-12-6-2-7-13-39)26-41(38-10-4-1-5-11-38)27-50(57)40-14-8-3-9-15-40/h1-15,26-31,34-37,42-45H,16-25H2. The van der Waals surface area contributed by atoms with Crippen molar-refractivity contribution in [2.75, 3.05) is 0 Å². The number of hydrogen-bond acceptors (Lipinski definition) is 2. The fourth-order valence-corrected chi connectivity index (χ4v) is 16.1. The van der Waals surface area contributed by atoms with E-state index in [-0.39, 0.29) is 0 Å². The smallest absolute Gasteiger partial charge is 0.0995 e. The zero-order valence-corrected chi connectivity index (χ0v) is 36.7. The summed E-state index contributed by atoms with van der Waals surface area (Å²) >= 11 is 0. The van der Waals surface area contributed by atoms with E-state index in [1.54, 1.807) is 0 Å². The van der Waals surface area contributed by atoms with E-state index in [1.807, 2.05) is 0 Å². The summed E-state index contributed by atoms with van der Waals surface area (Å²) in [7, 11) is 0. The van der Waals surface area contributed by atoms with Gasteiger partial charge in [-0.25, -0.2) is 0 Å². The average Bonchev–Trinajstić information content (AvgIpc) is 3.71. The number of nitriles is 2. The fraction of sp³-hybridized carbons (Fsp3) is 0.290. The van der Waals surface area contributed by atoms with Crippen molar-refractivity contribution < 1.29 is 0 Å². The normalized spacial score (nSPS) is 25.8. The quantitative estimate of drug-likeness (QED) is 0.177. The second-order valence-corrected chi connectivity index (χ2v) is 21.4. The number of benzene rings is 7. The summed E-state index contributed by atoms with van der Waals surface area (Å²) in [6.07, 6.45) is 12.5. The Balaban J connectivity index is 1.14. The van der Waals surface area contributed by atoms with E-state index < -0.39 is 0 Å². The minimum atomic E-state index is 0.447. The number of aromatic nitrogens is 1. The lowest BCUT2D eigenvalue weighted by atomic mass is 9.67. The third-order valence-electron chi connectivity index (χ3n) is 18.0. The van der Waals surface area contributed by atoms with Gasteiger partial charge in [0.15, 0.2) is 0 Å². The summed E-state index contributed by atoms with van der Waals surface area (Å²) in [5, 5.41) is 27.7. The molecule has 3 heteroatoms. The molecule has 4 saturated carbocycles. The Morgan fingerprint density at radius 2 is 0.769 bits per heavy atom. The molecular formula is C62H49N3. The van der Waals surface area contributed by atoms with Crippen molar-refractivity contribution in [1.29, 1.82) is 10.5 Å². The molecule has 4 atom stereocenters. The van der Waals surface area contributed by atoms with Crippen molar-refractivity contribution in [2.24, 2.45) is 23.7 Å². The summed E-state index contributed by atoms with van der Waals surface area (Å²) in [6.45, 7) is 0. The molecule has 0 radical (unpaired) electrons. The minimum absolute atomic E-state index is 0.447. The van der Waals surface area contributed by atoms with Crippen LogP contribution in [-0.2, 0) is 0 Å². The molecule has 312 valence electrons. The molecule has 0 N–H and O–H groups in total. The molecule has 9 aromatic rings. The van der Waals surface area contributed by atoms with Crippen LogP contribution in [0, 0.1) is 46.3 Å². The lowest BCUT2D eigenvalue weighted by molar-refractivity contribution is 0.166. The van der Waals surface area contributed by atoms with Gasteiger partial charge in [0.05, 0.1) is 39.8 Å². The molecule has 0 spiro atoms. The van der Waals surface area contributed by atoms with Crippen LogP contribution in [0.15, 0.2) is 127 Å². The van der Waals surface area contributed by atoms with Gasteiger partial charge in [-0.15, -0.1) is 0 Å². The Morgan fingerprint density at radius 3 is 1.17 bits per heavy atom. The molecular weight excluding hydrogens is 787 g/mol. The molecule has 0 saturated heterocycles. The average molecular weight is 836 g/mol. The maximum Gasteiger partial charge on any atom is 0.0995 e. The third kappa shape index (κ3) is 5.11. The summed E-state index contributed by atoms with van der Waals surface area (Å²) in [5.41, 5.74) is 20.9. The molecule has 0 amide bonds. The molecule has 8 aliphatic carbocycles. The highest BCUT2D eigenvalue weighted by atomic mass is 14.9. The van der Waals surface area contributed by atoms with Gasteiger partial charge in [0, 0.05) is 21.5 Å². The zero-order chi connectivity index (χ0) is 42.7. The van der Waals surface area contributed by atoms with E-state index in [0.717, 1.165) is 34.8 Å². The highest BCUT2D eigenvalue weighted by Gasteiger charge is 2.47. The molecule has 2 aromatic heterocycles. The van der Waals surface area contributed by atoms with E-state index in [4.69, 9.17) is 0 Å². The van der Waals surface area contributed by atoms with Gasteiger partial charge in [0.25, 0.3) is 0 Å². The first-order chi connectivity index (χ1) is 32.1. The van der Waals surface area contributed by atoms with Gasteiger partial charge >= 0.3 is 0 Å². The summed E-state index contributed by atoms with van der Waals surface area (Å²) in [6, 6.07) is 53.2. The summed E-state index contributed by atoms with van der Waals surface area (Å²) in [4.78, 5) is 0. The molecule has 4 fully saturated rings. The van der Waals surface area contributed by atoms with E-state index in [9.17, 15) is 10.5 Å². The van der Waals surface area contributed by atoms with Gasteiger partial charge in [0.2, 0.25) is 0 Å².